The second-order valence-electron chi connectivity index (χ2n) is 9.17. The van der Waals surface area contributed by atoms with Gasteiger partial charge in [-0.3, -0.25) is 4.79 Å². The first kappa shape index (κ1) is 26.1. The zero-order chi connectivity index (χ0) is 27.0. The predicted octanol–water partition coefficient (Wildman–Crippen LogP) is 8.22. The molecule has 1 aromatic heterocycles. The van der Waals surface area contributed by atoms with Crippen molar-refractivity contribution in [2.24, 2.45) is 5.11 Å². The number of hydrogen-bond donors (Lipinski definition) is 0. The molecule has 0 unspecified atom stereocenters. The van der Waals surface area contributed by atoms with Gasteiger partial charge < -0.3 is 9.30 Å². The molecular formula is C32H27ClN4O2. The maximum Gasteiger partial charge on any atom is 0.150 e. The van der Waals surface area contributed by atoms with Gasteiger partial charge >= 0.3 is 0 Å². The monoisotopic (exact) mass is 534 g/mol. The highest BCUT2D eigenvalue weighted by Crippen LogP contribution is 2.37. The molecule has 0 spiro atoms. The number of hydrogen-bond acceptors (Lipinski definition) is 3. The Morgan fingerprint density at radius 2 is 1.56 bits per heavy atom. The molecular weight excluding hydrogens is 508 g/mol. The van der Waals surface area contributed by atoms with Crippen LogP contribution in [0.1, 0.15) is 38.8 Å². The van der Waals surface area contributed by atoms with Crippen LogP contribution in [-0.2, 0) is 12.8 Å². The second-order valence-corrected chi connectivity index (χ2v) is 9.61. The smallest absolute Gasteiger partial charge is 0.150 e. The summed E-state index contributed by atoms with van der Waals surface area (Å²) in [5, 5.41) is 5.57. The molecule has 6 nitrogen and oxygen atoms in total. The lowest BCUT2D eigenvalue weighted by molar-refractivity contribution is 0.112. The molecule has 4 aromatic carbocycles. The van der Waals surface area contributed by atoms with E-state index >= 15 is 0 Å². The van der Waals surface area contributed by atoms with Gasteiger partial charge in [0.2, 0.25) is 0 Å². The van der Waals surface area contributed by atoms with E-state index in [1.807, 2.05) is 24.3 Å². The normalized spacial score (nSPS) is 10.9. The summed E-state index contributed by atoms with van der Waals surface area (Å²) in [7, 11) is 0. The molecule has 7 heteroatoms. The van der Waals surface area contributed by atoms with E-state index in [0.29, 0.717) is 42.3 Å². The van der Waals surface area contributed by atoms with Gasteiger partial charge in [0, 0.05) is 45.1 Å². The first-order valence-electron chi connectivity index (χ1n) is 12.8. The van der Waals surface area contributed by atoms with Crippen LogP contribution < -0.4 is 4.74 Å². The van der Waals surface area contributed by atoms with Crippen molar-refractivity contribution in [2.45, 2.75) is 18.9 Å². The van der Waals surface area contributed by atoms with Crippen LogP contribution in [-0.4, -0.2) is 24.0 Å². The van der Waals surface area contributed by atoms with Gasteiger partial charge in [0.25, 0.3) is 0 Å². The Kier molecular flexibility index (Phi) is 8.27. The Labute approximate surface area is 232 Å². The van der Waals surface area contributed by atoms with E-state index in [1.54, 1.807) is 24.3 Å². The van der Waals surface area contributed by atoms with Gasteiger partial charge in [0.05, 0.1) is 12.6 Å². The lowest BCUT2D eigenvalue weighted by atomic mass is 9.97. The molecule has 0 bridgehead atoms. The van der Waals surface area contributed by atoms with Crippen LogP contribution in [0.5, 0.6) is 5.75 Å². The zero-order valence-electron chi connectivity index (χ0n) is 21.3. The minimum Gasteiger partial charge on any atom is -0.493 e. The van der Waals surface area contributed by atoms with E-state index in [4.69, 9.17) is 21.9 Å². The average Bonchev–Trinajstić information content (AvgIpc) is 3.27. The molecule has 0 radical (unpaired) electrons. The number of azide groups is 1. The second kappa shape index (κ2) is 12.4. The third-order valence-electron chi connectivity index (χ3n) is 6.82. The van der Waals surface area contributed by atoms with Crippen LogP contribution in [0.3, 0.4) is 0 Å². The van der Waals surface area contributed by atoms with Gasteiger partial charge in [-0.1, -0.05) is 77.4 Å². The molecule has 0 saturated carbocycles. The van der Waals surface area contributed by atoms with Gasteiger partial charge in [0.1, 0.15) is 12.0 Å². The highest BCUT2D eigenvalue weighted by atomic mass is 35.5. The third-order valence-corrected chi connectivity index (χ3v) is 7.06. The van der Waals surface area contributed by atoms with Crippen LogP contribution in [0.15, 0.2) is 108 Å². The van der Waals surface area contributed by atoms with Crippen LogP contribution in [0.4, 0.5) is 0 Å². The highest BCUT2D eigenvalue weighted by molar-refractivity contribution is 6.31. The van der Waals surface area contributed by atoms with Crippen molar-refractivity contribution >= 4 is 28.8 Å². The molecule has 0 amide bonds. The number of ether oxygens (including phenoxy) is 1. The van der Waals surface area contributed by atoms with E-state index in [9.17, 15) is 4.79 Å². The van der Waals surface area contributed by atoms with E-state index < -0.39 is 0 Å². The van der Waals surface area contributed by atoms with Crippen LogP contribution in [0, 0.1) is 0 Å². The van der Waals surface area contributed by atoms with E-state index in [1.165, 1.54) is 0 Å². The fraction of sp³-hybridized carbons (Fsp3) is 0.156. The molecule has 0 fully saturated rings. The fourth-order valence-electron chi connectivity index (χ4n) is 5.13. The number of aromatic nitrogens is 1. The molecule has 5 rings (SSSR count). The number of carbonyl (C=O) groups is 1. The molecule has 0 atom stereocenters. The number of fused-ring (bicyclic) bond motifs is 1. The first-order chi connectivity index (χ1) is 19.2. The largest absolute Gasteiger partial charge is 0.493 e. The van der Waals surface area contributed by atoms with Crippen molar-refractivity contribution in [3.05, 3.63) is 147 Å². The molecule has 194 valence electrons. The summed E-state index contributed by atoms with van der Waals surface area (Å²) in [6.45, 7) is 0.764. The SMILES string of the molecule is [N-]=[N+]=NCCc1c(CCOc2ccc(C=O)cc2)c2cc(Cl)ccc2n1C(c1ccccc1)c1ccccc1. The number of carbonyl (C=O) groups excluding carboxylic acids is 1. The number of rotatable bonds is 11. The third kappa shape index (κ3) is 5.83. The van der Waals surface area contributed by atoms with E-state index in [-0.39, 0.29) is 6.04 Å². The van der Waals surface area contributed by atoms with Crippen molar-refractivity contribution in [1.29, 1.82) is 0 Å². The van der Waals surface area contributed by atoms with E-state index in [2.05, 4.69) is 69.2 Å². The maximum absolute atomic E-state index is 11.0. The van der Waals surface area contributed by atoms with E-state index in [0.717, 1.165) is 39.6 Å². The minimum atomic E-state index is -0.0947. The molecule has 5 aromatic rings. The summed E-state index contributed by atoms with van der Waals surface area (Å²) >= 11 is 6.52. The summed E-state index contributed by atoms with van der Waals surface area (Å²) < 4.78 is 8.43. The Morgan fingerprint density at radius 1 is 0.897 bits per heavy atom. The number of nitrogens with zero attached hydrogens (tertiary/aromatic N) is 4. The van der Waals surface area contributed by atoms with Crippen LogP contribution in [0.2, 0.25) is 5.02 Å². The average molecular weight is 535 g/mol. The first-order valence-corrected chi connectivity index (χ1v) is 13.2. The quantitative estimate of drug-likeness (QED) is 0.0740. The molecule has 0 saturated heterocycles. The highest BCUT2D eigenvalue weighted by Gasteiger charge is 2.25. The number of aldehydes is 1. The standard InChI is InChI=1S/C32H27ClN4O2/c33-26-13-16-30-29(21-26)28(18-20-39-27-14-11-23(22-38)12-15-27)31(17-19-35-36-34)37(30)32(24-7-3-1-4-8-24)25-9-5-2-6-10-25/h1-16,21-22,32H,17-20H2. The van der Waals surface area contributed by atoms with Gasteiger partial charge in [-0.15, -0.1) is 0 Å². The van der Waals surface area contributed by atoms with Crippen molar-refractivity contribution in [3.63, 3.8) is 0 Å². The van der Waals surface area contributed by atoms with Gasteiger partial charge in [-0.05, 0) is 71.1 Å². The van der Waals surface area contributed by atoms with Crippen LogP contribution in [0.25, 0.3) is 21.3 Å². The van der Waals surface area contributed by atoms with Crippen molar-refractivity contribution in [2.75, 3.05) is 13.2 Å². The summed E-state index contributed by atoms with van der Waals surface area (Å²) in [4.78, 5) is 14.0. The number of halogens is 1. The minimum absolute atomic E-state index is 0.0947. The zero-order valence-corrected chi connectivity index (χ0v) is 22.0. The molecule has 1 heterocycles. The molecule has 0 aliphatic carbocycles. The van der Waals surface area contributed by atoms with Crippen molar-refractivity contribution in [3.8, 4) is 5.75 Å². The lowest BCUT2D eigenvalue weighted by Crippen LogP contribution is -2.16. The van der Waals surface area contributed by atoms with Gasteiger partial charge in [-0.2, -0.15) is 0 Å². The molecule has 0 aliphatic rings. The number of benzene rings is 4. The summed E-state index contributed by atoms with van der Waals surface area (Å²) in [6, 6.07) is 33.8. The fourth-order valence-corrected chi connectivity index (χ4v) is 5.30. The van der Waals surface area contributed by atoms with Crippen molar-refractivity contribution < 1.29 is 9.53 Å². The topological polar surface area (TPSA) is 80.0 Å². The Hall–Kier alpha value is -4.51. The Balaban J connectivity index is 1.64. The molecule has 0 aliphatic heterocycles. The molecule has 0 N–H and O–H groups in total. The maximum atomic E-state index is 11.0. The lowest BCUT2D eigenvalue weighted by Gasteiger charge is -2.25. The Morgan fingerprint density at radius 3 is 2.18 bits per heavy atom. The van der Waals surface area contributed by atoms with Crippen LogP contribution >= 0.6 is 11.6 Å². The molecule has 39 heavy (non-hydrogen) atoms. The van der Waals surface area contributed by atoms with Crippen molar-refractivity contribution in [1.82, 2.24) is 4.57 Å². The summed E-state index contributed by atoms with van der Waals surface area (Å²) in [5.74, 6) is 0.699. The Bertz CT molecular complexity index is 1570. The summed E-state index contributed by atoms with van der Waals surface area (Å²) in [6.07, 6.45) is 2.01. The van der Waals surface area contributed by atoms with Gasteiger partial charge in [0.15, 0.2) is 0 Å². The predicted molar refractivity (Wildman–Crippen MR) is 156 cm³/mol. The van der Waals surface area contributed by atoms with Gasteiger partial charge in [-0.25, -0.2) is 0 Å². The summed E-state index contributed by atoms with van der Waals surface area (Å²) in [5.41, 5.74) is 15.2.